The number of nitrogens with one attached hydrogen (secondary N) is 1. The van der Waals surface area contributed by atoms with Crippen molar-refractivity contribution in [3.8, 4) is 0 Å². The maximum Gasteiger partial charge on any atom is 0.111 e. The molecule has 1 unspecified atom stereocenters. The molecule has 4 heteroatoms. The van der Waals surface area contributed by atoms with Crippen molar-refractivity contribution in [1.82, 2.24) is 0 Å². The van der Waals surface area contributed by atoms with Crippen LogP contribution in [0.5, 0.6) is 0 Å². The quantitative estimate of drug-likeness (QED) is 0.550. The summed E-state index contributed by atoms with van der Waals surface area (Å²) in [6.45, 7) is 1.07. The van der Waals surface area contributed by atoms with E-state index in [1.807, 2.05) is 60.7 Å². The zero-order valence-corrected chi connectivity index (χ0v) is 11.9. The number of ether oxygens (including phenoxy) is 1. The molecule has 0 aliphatic carbocycles. The minimum atomic E-state index is -0.291. The van der Waals surface area contributed by atoms with Gasteiger partial charge in [-0.15, -0.1) is 0 Å². The number of para-hydroxylation sites is 1. The molecule has 0 fully saturated rings. The smallest absolute Gasteiger partial charge is 0.111 e. The molecule has 2 rings (SSSR count). The van der Waals surface area contributed by atoms with Gasteiger partial charge in [0.2, 0.25) is 0 Å². The molecule has 0 amide bonds. The van der Waals surface area contributed by atoms with Crippen LogP contribution in [0.2, 0.25) is 0 Å². The van der Waals surface area contributed by atoms with Crippen molar-refractivity contribution in [3.63, 3.8) is 0 Å². The van der Waals surface area contributed by atoms with Gasteiger partial charge in [-0.05, 0) is 17.7 Å². The molecule has 0 spiro atoms. The summed E-state index contributed by atoms with van der Waals surface area (Å²) >= 11 is 0. The Balaban J connectivity index is 1.63. The number of rotatable bonds is 9. The number of aliphatic hydroxyl groups excluding tert-OH is 1. The van der Waals surface area contributed by atoms with Gasteiger partial charge >= 0.3 is 0 Å². The molecule has 0 bridgehead atoms. The normalized spacial score (nSPS) is 12.0. The summed E-state index contributed by atoms with van der Waals surface area (Å²) in [4.78, 5) is 5.45. The lowest BCUT2D eigenvalue weighted by molar-refractivity contribution is 0.0133. The molecule has 0 heterocycles. The molecule has 112 valence electrons. The van der Waals surface area contributed by atoms with Crippen molar-refractivity contribution >= 4 is 5.69 Å². The first-order valence-electron chi connectivity index (χ1n) is 7.07. The van der Waals surface area contributed by atoms with Crippen molar-refractivity contribution < 1.29 is 14.7 Å². The summed E-state index contributed by atoms with van der Waals surface area (Å²) in [5.74, 6) is 0. The highest BCUT2D eigenvalue weighted by atomic mass is 16.7. The molecule has 0 saturated heterocycles. The van der Waals surface area contributed by atoms with Gasteiger partial charge < -0.3 is 9.84 Å². The summed E-state index contributed by atoms with van der Waals surface area (Å²) < 4.78 is 5.59. The third-order valence-electron chi connectivity index (χ3n) is 3.02. The van der Waals surface area contributed by atoms with Gasteiger partial charge in [-0.1, -0.05) is 48.5 Å². The predicted molar refractivity (Wildman–Crippen MR) is 82.7 cm³/mol. The largest absolute Gasteiger partial charge is 0.394 e. The van der Waals surface area contributed by atoms with E-state index in [9.17, 15) is 5.11 Å². The van der Waals surface area contributed by atoms with Gasteiger partial charge in [0.15, 0.2) is 0 Å². The molecule has 0 aromatic heterocycles. The Bertz CT molecular complexity index is 490. The van der Waals surface area contributed by atoms with E-state index in [0.717, 1.165) is 11.3 Å². The van der Waals surface area contributed by atoms with Crippen LogP contribution in [0.4, 0.5) is 5.69 Å². The number of anilines is 1. The van der Waals surface area contributed by atoms with Gasteiger partial charge in [-0.25, -0.2) is 0 Å². The lowest BCUT2D eigenvalue weighted by Gasteiger charge is -2.16. The first kappa shape index (κ1) is 15.5. The zero-order valence-electron chi connectivity index (χ0n) is 11.9. The van der Waals surface area contributed by atoms with Crippen LogP contribution in [0.15, 0.2) is 60.7 Å². The minimum Gasteiger partial charge on any atom is -0.394 e. The highest BCUT2D eigenvalue weighted by Gasteiger charge is 2.08. The zero-order chi connectivity index (χ0) is 14.8. The van der Waals surface area contributed by atoms with Gasteiger partial charge in [-0.3, -0.25) is 10.3 Å². The van der Waals surface area contributed by atoms with Gasteiger partial charge in [-0.2, -0.15) is 0 Å². The molecule has 2 aromatic carbocycles. The SMILES string of the molecule is OCC(CCOCc1ccccc1)ONc1ccccc1. The summed E-state index contributed by atoms with van der Waals surface area (Å²) in [7, 11) is 0. The molecular formula is C17H21NO3. The Labute approximate surface area is 125 Å². The van der Waals surface area contributed by atoms with Crippen molar-refractivity contribution in [1.29, 1.82) is 0 Å². The van der Waals surface area contributed by atoms with E-state index in [4.69, 9.17) is 9.57 Å². The highest BCUT2D eigenvalue weighted by Crippen LogP contribution is 2.08. The van der Waals surface area contributed by atoms with Crippen LogP contribution in [0, 0.1) is 0 Å². The van der Waals surface area contributed by atoms with Crippen LogP contribution < -0.4 is 5.48 Å². The maximum absolute atomic E-state index is 9.30. The Hall–Kier alpha value is -1.88. The van der Waals surface area contributed by atoms with E-state index in [1.54, 1.807) is 0 Å². The summed E-state index contributed by atoms with van der Waals surface area (Å²) in [5.41, 5.74) is 4.84. The average molecular weight is 287 g/mol. The van der Waals surface area contributed by atoms with Crippen LogP contribution in [0.1, 0.15) is 12.0 Å². The lowest BCUT2D eigenvalue weighted by atomic mass is 10.2. The molecular weight excluding hydrogens is 266 g/mol. The third-order valence-corrected chi connectivity index (χ3v) is 3.02. The summed E-state index contributed by atoms with van der Waals surface area (Å²) in [6.07, 6.45) is 0.337. The standard InChI is InChI=1S/C17H21NO3/c19-13-17(21-18-16-9-5-2-6-10-16)11-12-20-14-15-7-3-1-4-8-15/h1-10,17-19H,11-14H2. The fourth-order valence-electron chi connectivity index (χ4n) is 1.82. The molecule has 2 N–H and O–H groups in total. The number of hydrogen-bond donors (Lipinski definition) is 2. The minimum absolute atomic E-state index is 0.0471. The third kappa shape index (κ3) is 5.95. The number of benzene rings is 2. The maximum atomic E-state index is 9.30. The average Bonchev–Trinajstić information content (AvgIpc) is 2.56. The second-order valence-corrected chi connectivity index (χ2v) is 4.72. The molecule has 0 saturated carbocycles. The molecule has 2 aromatic rings. The van der Waals surface area contributed by atoms with Crippen LogP contribution >= 0.6 is 0 Å². The predicted octanol–water partition coefficient (Wildman–Crippen LogP) is 3.00. The second-order valence-electron chi connectivity index (χ2n) is 4.72. The van der Waals surface area contributed by atoms with Gasteiger partial charge in [0, 0.05) is 13.0 Å². The van der Waals surface area contributed by atoms with E-state index in [0.29, 0.717) is 19.6 Å². The Kier molecular flexibility index (Phi) is 6.74. The Morgan fingerprint density at radius 1 is 0.952 bits per heavy atom. The van der Waals surface area contributed by atoms with Gasteiger partial charge in [0.25, 0.3) is 0 Å². The van der Waals surface area contributed by atoms with Gasteiger partial charge in [0.1, 0.15) is 6.10 Å². The fourth-order valence-corrected chi connectivity index (χ4v) is 1.82. The first-order chi connectivity index (χ1) is 10.4. The second kappa shape index (κ2) is 9.13. The van der Waals surface area contributed by atoms with Crippen molar-refractivity contribution in [2.45, 2.75) is 19.1 Å². The molecule has 0 aliphatic rings. The van der Waals surface area contributed by atoms with E-state index < -0.39 is 0 Å². The topological polar surface area (TPSA) is 50.7 Å². The van der Waals surface area contributed by atoms with E-state index in [1.165, 1.54) is 0 Å². The summed E-state index contributed by atoms with van der Waals surface area (Å²) in [5, 5.41) is 9.30. The fraction of sp³-hybridized carbons (Fsp3) is 0.294. The van der Waals surface area contributed by atoms with E-state index in [-0.39, 0.29) is 12.7 Å². The highest BCUT2D eigenvalue weighted by molar-refractivity contribution is 5.40. The van der Waals surface area contributed by atoms with Gasteiger partial charge in [0.05, 0.1) is 18.9 Å². The van der Waals surface area contributed by atoms with Crippen LogP contribution in [0.25, 0.3) is 0 Å². The van der Waals surface area contributed by atoms with E-state index in [2.05, 4.69) is 5.48 Å². The lowest BCUT2D eigenvalue weighted by Crippen LogP contribution is -2.23. The van der Waals surface area contributed by atoms with Crippen molar-refractivity contribution in [2.75, 3.05) is 18.7 Å². The van der Waals surface area contributed by atoms with Crippen LogP contribution in [-0.4, -0.2) is 24.4 Å². The van der Waals surface area contributed by atoms with E-state index >= 15 is 0 Å². The molecule has 21 heavy (non-hydrogen) atoms. The molecule has 4 nitrogen and oxygen atoms in total. The monoisotopic (exact) mass is 287 g/mol. The number of aliphatic hydroxyl groups is 1. The Morgan fingerprint density at radius 3 is 2.29 bits per heavy atom. The molecule has 0 radical (unpaired) electrons. The first-order valence-corrected chi connectivity index (χ1v) is 7.07. The van der Waals surface area contributed by atoms with Crippen LogP contribution in [-0.2, 0) is 16.2 Å². The molecule has 1 atom stereocenters. The Morgan fingerprint density at radius 2 is 1.62 bits per heavy atom. The molecule has 0 aliphatic heterocycles. The van der Waals surface area contributed by atoms with Crippen molar-refractivity contribution in [3.05, 3.63) is 66.2 Å². The van der Waals surface area contributed by atoms with Crippen LogP contribution in [0.3, 0.4) is 0 Å². The van der Waals surface area contributed by atoms with Crippen molar-refractivity contribution in [2.24, 2.45) is 0 Å². The summed E-state index contributed by atoms with van der Waals surface area (Å²) in [6, 6.07) is 19.6. The number of hydrogen-bond acceptors (Lipinski definition) is 4.